The maximum atomic E-state index is 8.52. The van der Waals surface area contributed by atoms with Crippen molar-refractivity contribution in [3.8, 4) is 0 Å². The topological polar surface area (TPSA) is 80.3 Å². The predicted octanol–water partition coefficient (Wildman–Crippen LogP) is 3.90. The van der Waals surface area contributed by atoms with Gasteiger partial charge in [0.15, 0.2) is 4.33 Å². The van der Waals surface area contributed by atoms with E-state index in [0.717, 1.165) is 0 Å². The SMILES string of the molecule is ClC1=C(Cl)C2(Cl)C3C(Cl)C=CC3C1(Cl)C2(Cl)Cl.O=S(=O)([O-])[O-].[Fe+2]. The van der Waals surface area contributed by atoms with E-state index in [2.05, 4.69) is 0 Å². The first-order chi connectivity index (χ1) is 9.70. The van der Waals surface area contributed by atoms with E-state index in [0.29, 0.717) is 0 Å². The molecule has 5 atom stereocenters. The average molecular weight is 525 g/mol. The van der Waals surface area contributed by atoms with Crippen LogP contribution in [0, 0.1) is 11.8 Å². The van der Waals surface area contributed by atoms with Crippen molar-refractivity contribution in [3.63, 3.8) is 0 Å². The molecule has 1 fully saturated rings. The molecule has 0 aromatic rings. The van der Waals surface area contributed by atoms with Crippen molar-refractivity contribution in [1.82, 2.24) is 0 Å². The fourth-order valence-corrected chi connectivity index (χ4v) is 6.60. The molecule has 0 radical (unpaired) electrons. The van der Waals surface area contributed by atoms with E-state index in [9.17, 15) is 0 Å². The summed E-state index contributed by atoms with van der Waals surface area (Å²) in [7, 11) is -5.17. The quantitative estimate of drug-likeness (QED) is 0.158. The summed E-state index contributed by atoms with van der Waals surface area (Å²) in [6, 6.07) is 0. The fourth-order valence-electron chi connectivity index (χ4n) is 3.08. The van der Waals surface area contributed by atoms with E-state index in [1.54, 1.807) is 0 Å². The molecule has 3 aliphatic rings. The molecule has 2 bridgehead atoms. The molecule has 0 aromatic heterocycles. The zero-order valence-corrected chi connectivity index (χ0v) is 17.6. The summed E-state index contributed by atoms with van der Waals surface area (Å²) in [5.74, 6) is -0.470. The summed E-state index contributed by atoms with van der Waals surface area (Å²) >= 11 is 44.5. The molecule has 1 saturated carbocycles. The van der Waals surface area contributed by atoms with E-state index in [4.69, 9.17) is 98.7 Å². The average Bonchev–Trinajstić information content (AvgIpc) is 2.82. The number of rotatable bonds is 0. The van der Waals surface area contributed by atoms with E-state index >= 15 is 0 Å². The third kappa shape index (κ3) is 3.09. The van der Waals surface area contributed by atoms with Crippen LogP contribution in [0.15, 0.2) is 22.2 Å². The zero-order chi connectivity index (χ0) is 17.3. The van der Waals surface area contributed by atoms with Crippen molar-refractivity contribution in [2.24, 2.45) is 11.8 Å². The Kier molecular flexibility index (Phi) is 6.79. The van der Waals surface area contributed by atoms with Crippen LogP contribution >= 0.6 is 81.2 Å². The Morgan fingerprint density at radius 2 is 1.35 bits per heavy atom. The van der Waals surface area contributed by atoms with Crippen LogP contribution in [0.4, 0.5) is 0 Å². The number of fused-ring (bicyclic) bond motifs is 5. The van der Waals surface area contributed by atoms with Gasteiger partial charge in [-0.3, -0.25) is 8.42 Å². The number of alkyl halides is 5. The molecule has 3 aliphatic carbocycles. The summed E-state index contributed by atoms with van der Waals surface area (Å²) in [6.07, 6.45) is 3.69. The third-order valence-corrected chi connectivity index (χ3v) is 8.61. The summed E-state index contributed by atoms with van der Waals surface area (Å²) in [6.45, 7) is 0. The van der Waals surface area contributed by atoms with E-state index in [1.807, 2.05) is 12.2 Å². The van der Waals surface area contributed by atoms with Gasteiger partial charge in [-0.1, -0.05) is 58.6 Å². The minimum atomic E-state index is -5.17. The number of allylic oxidation sites excluding steroid dienone is 4. The number of hydrogen-bond donors (Lipinski definition) is 0. The van der Waals surface area contributed by atoms with Gasteiger partial charge >= 0.3 is 17.1 Å². The van der Waals surface area contributed by atoms with Crippen molar-refractivity contribution >= 4 is 91.6 Å². The zero-order valence-electron chi connectivity index (χ0n) is 10.4. The minimum absolute atomic E-state index is 0. The van der Waals surface area contributed by atoms with Crippen LogP contribution in [0.5, 0.6) is 0 Å². The van der Waals surface area contributed by atoms with Crippen LogP contribution in [-0.2, 0) is 27.5 Å². The summed E-state index contributed by atoms with van der Waals surface area (Å²) in [5.41, 5.74) is 0. The Morgan fingerprint density at radius 3 is 1.78 bits per heavy atom. The second kappa shape index (κ2) is 6.81. The van der Waals surface area contributed by atoms with Crippen molar-refractivity contribution in [3.05, 3.63) is 22.2 Å². The molecule has 0 aromatic carbocycles. The predicted molar refractivity (Wildman–Crippen MR) is 86.6 cm³/mol. The van der Waals surface area contributed by atoms with E-state index in [-0.39, 0.29) is 44.3 Å². The van der Waals surface area contributed by atoms with Crippen LogP contribution in [0.3, 0.4) is 0 Å². The van der Waals surface area contributed by atoms with Crippen molar-refractivity contribution in [1.29, 1.82) is 0 Å². The molecule has 3 rings (SSSR count). The van der Waals surface area contributed by atoms with Gasteiger partial charge in [-0.25, -0.2) is 0 Å². The molecule has 13 heteroatoms. The van der Waals surface area contributed by atoms with Gasteiger partial charge in [-0.05, 0) is 0 Å². The molecule has 0 heterocycles. The number of hydrogen-bond acceptors (Lipinski definition) is 4. The van der Waals surface area contributed by atoms with Gasteiger partial charge < -0.3 is 9.11 Å². The van der Waals surface area contributed by atoms with E-state index in [1.165, 1.54) is 0 Å². The second-order valence-corrected chi connectivity index (χ2v) is 9.51. The fraction of sp³-hybridized carbons (Fsp3) is 0.600. The largest absolute Gasteiger partial charge is 2.00 e. The molecule has 4 nitrogen and oxygen atoms in total. The van der Waals surface area contributed by atoms with Crippen LogP contribution in [0.1, 0.15) is 0 Å². The first-order valence-electron chi connectivity index (χ1n) is 5.51. The Bertz CT molecular complexity index is 673. The third-order valence-electron chi connectivity index (χ3n) is 3.90. The Balaban J connectivity index is 0.000000390. The van der Waals surface area contributed by atoms with E-state index < -0.39 is 24.5 Å². The van der Waals surface area contributed by atoms with Gasteiger partial charge in [0.1, 0.15) is 9.75 Å². The normalized spacial score (nSPS) is 42.9. The number of halogens is 7. The molecule has 0 amide bonds. The van der Waals surface area contributed by atoms with Gasteiger partial charge in [0.2, 0.25) is 0 Å². The standard InChI is InChI=1S/C10H5Cl7.Fe.H2O4S/c11-4-2-1-3-5(4)9(15)7(13)6(12)8(3,14)10(9,16)17;;1-5(2,3)4/h1-5H;;(H2,1,2,3,4)/q;+2;/p-2. The Hall–Kier alpha value is 1.90. The molecular weight excluding hydrogens is 520 g/mol. The smallest absolute Gasteiger partial charge is 0.759 e. The second-order valence-electron chi connectivity index (χ2n) is 4.92. The van der Waals surface area contributed by atoms with Gasteiger partial charge in [0.25, 0.3) is 0 Å². The molecule has 23 heavy (non-hydrogen) atoms. The molecule has 5 unspecified atom stereocenters. The van der Waals surface area contributed by atoms with Crippen LogP contribution in [0.2, 0.25) is 0 Å². The van der Waals surface area contributed by atoms with Crippen LogP contribution < -0.4 is 0 Å². The van der Waals surface area contributed by atoms with Gasteiger partial charge in [-0.2, -0.15) is 0 Å². The monoisotopic (exact) mass is 522 g/mol. The first kappa shape index (κ1) is 22.9. The summed E-state index contributed by atoms with van der Waals surface area (Å²) < 4.78 is 32.6. The van der Waals surface area contributed by atoms with Crippen molar-refractivity contribution < 1.29 is 34.6 Å². The molecular formula is C10H5Cl7FeO4S. The molecule has 0 aliphatic heterocycles. The summed E-state index contributed by atoms with van der Waals surface area (Å²) in [5, 5.41) is 0.113. The molecule has 0 N–H and O–H groups in total. The molecule has 0 saturated heterocycles. The minimum Gasteiger partial charge on any atom is -0.759 e. The maximum absolute atomic E-state index is 8.52. The molecule has 132 valence electrons. The van der Waals surface area contributed by atoms with Gasteiger partial charge in [0.05, 0.1) is 15.4 Å². The Labute approximate surface area is 178 Å². The van der Waals surface area contributed by atoms with Crippen LogP contribution in [-0.4, -0.2) is 37.0 Å². The molecule has 0 spiro atoms. The van der Waals surface area contributed by atoms with Gasteiger partial charge in [-0.15, -0.1) is 34.8 Å². The maximum Gasteiger partial charge on any atom is 2.00 e. The van der Waals surface area contributed by atoms with Crippen molar-refractivity contribution in [2.45, 2.75) is 19.5 Å². The summed E-state index contributed by atoms with van der Waals surface area (Å²) in [4.78, 5) is -2.45. The van der Waals surface area contributed by atoms with Gasteiger partial charge in [0, 0.05) is 22.2 Å². The first-order valence-corrected chi connectivity index (χ1v) is 9.55. The van der Waals surface area contributed by atoms with Crippen LogP contribution in [0.25, 0.3) is 0 Å². The Morgan fingerprint density at radius 1 is 0.957 bits per heavy atom. The van der Waals surface area contributed by atoms with Crippen molar-refractivity contribution in [2.75, 3.05) is 0 Å².